The standard InChI is InChI=1S/C11H15ClN2O.C7H11NO2/c1-13-6-10(7-14-8-15)9-3-2-4-11(12)5-9;1-2-7(9)8-3-5-10-6-4-8/h2-5,8,10,13H,6-7H2,1H3,(H,14,15);2H,1,3-6H2. The highest BCUT2D eigenvalue weighted by molar-refractivity contribution is 6.30. The number of rotatable bonds is 7. The van der Waals surface area contributed by atoms with Gasteiger partial charge in [0.1, 0.15) is 0 Å². The molecule has 1 aliphatic rings. The van der Waals surface area contributed by atoms with Gasteiger partial charge in [0.05, 0.1) is 13.2 Å². The molecule has 2 amide bonds. The Bertz CT molecular complexity index is 548. The number of halogens is 1. The second-order valence-electron chi connectivity index (χ2n) is 5.48. The molecular weight excluding hydrogens is 342 g/mol. The summed E-state index contributed by atoms with van der Waals surface area (Å²) in [5, 5.41) is 6.51. The quantitative estimate of drug-likeness (QED) is 0.565. The second-order valence-corrected chi connectivity index (χ2v) is 5.91. The highest BCUT2D eigenvalue weighted by Crippen LogP contribution is 2.18. The van der Waals surface area contributed by atoms with Gasteiger partial charge in [-0.25, -0.2) is 0 Å². The van der Waals surface area contributed by atoms with Gasteiger partial charge in [-0.3, -0.25) is 9.59 Å². The lowest BCUT2D eigenvalue weighted by Gasteiger charge is -2.25. The number of hydrogen-bond acceptors (Lipinski definition) is 4. The first kappa shape index (κ1) is 21.2. The van der Waals surface area contributed by atoms with Crippen LogP contribution in [-0.4, -0.2) is 63.7 Å². The minimum Gasteiger partial charge on any atom is -0.378 e. The third-order valence-corrected chi connectivity index (χ3v) is 3.95. The molecule has 1 fully saturated rings. The predicted molar refractivity (Wildman–Crippen MR) is 99.8 cm³/mol. The van der Waals surface area contributed by atoms with Gasteiger partial charge in [0, 0.05) is 37.1 Å². The predicted octanol–water partition coefficient (Wildman–Crippen LogP) is 1.42. The van der Waals surface area contributed by atoms with Gasteiger partial charge in [-0.15, -0.1) is 0 Å². The van der Waals surface area contributed by atoms with Gasteiger partial charge in [-0.2, -0.15) is 0 Å². The van der Waals surface area contributed by atoms with Crippen LogP contribution < -0.4 is 10.6 Å². The van der Waals surface area contributed by atoms with Crippen molar-refractivity contribution < 1.29 is 14.3 Å². The third-order valence-electron chi connectivity index (χ3n) is 3.72. The number of benzene rings is 1. The van der Waals surface area contributed by atoms with Crippen LogP contribution in [0, 0.1) is 0 Å². The first-order chi connectivity index (χ1) is 12.1. The Morgan fingerprint density at radius 1 is 1.40 bits per heavy atom. The molecule has 1 atom stereocenters. The van der Waals surface area contributed by atoms with Crippen LogP contribution >= 0.6 is 11.6 Å². The summed E-state index contributed by atoms with van der Waals surface area (Å²) in [5.74, 6) is 0.252. The molecule has 1 heterocycles. The summed E-state index contributed by atoms with van der Waals surface area (Å²) in [7, 11) is 1.89. The average Bonchev–Trinajstić information content (AvgIpc) is 2.65. The Labute approximate surface area is 154 Å². The van der Waals surface area contributed by atoms with Gasteiger partial charge in [0.25, 0.3) is 0 Å². The molecule has 1 aromatic carbocycles. The lowest BCUT2D eigenvalue weighted by Crippen LogP contribution is -2.39. The van der Waals surface area contributed by atoms with Crippen LogP contribution in [0.3, 0.4) is 0 Å². The maximum Gasteiger partial charge on any atom is 0.246 e. The van der Waals surface area contributed by atoms with E-state index in [0.29, 0.717) is 39.3 Å². The van der Waals surface area contributed by atoms with Crippen LogP contribution in [0.5, 0.6) is 0 Å². The van der Waals surface area contributed by atoms with Gasteiger partial charge in [-0.1, -0.05) is 30.3 Å². The van der Waals surface area contributed by atoms with Crippen LogP contribution in [0.2, 0.25) is 5.02 Å². The topological polar surface area (TPSA) is 70.7 Å². The van der Waals surface area contributed by atoms with Crippen molar-refractivity contribution >= 4 is 23.9 Å². The van der Waals surface area contributed by atoms with Crippen molar-refractivity contribution in [1.82, 2.24) is 15.5 Å². The third kappa shape index (κ3) is 8.16. The largest absolute Gasteiger partial charge is 0.378 e. The average molecular weight is 368 g/mol. The second kappa shape index (κ2) is 12.5. The Kier molecular flexibility index (Phi) is 10.6. The molecule has 2 N–H and O–H groups in total. The van der Waals surface area contributed by atoms with Crippen LogP contribution in [-0.2, 0) is 14.3 Å². The van der Waals surface area contributed by atoms with Crippen LogP contribution in [0.25, 0.3) is 0 Å². The van der Waals surface area contributed by atoms with E-state index < -0.39 is 0 Å². The number of amides is 2. The number of carbonyl (C=O) groups excluding carboxylic acids is 2. The summed E-state index contributed by atoms with van der Waals surface area (Å²) >= 11 is 5.91. The molecule has 25 heavy (non-hydrogen) atoms. The molecule has 1 saturated heterocycles. The number of ether oxygens (including phenoxy) is 1. The smallest absolute Gasteiger partial charge is 0.246 e. The van der Waals surface area contributed by atoms with Crippen molar-refractivity contribution in [2.45, 2.75) is 5.92 Å². The van der Waals surface area contributed by atoms with Gasteiger partial charge >= 0.3 is 0 Å². The van der Waals surface area contributed by atoms with E-state index in [2.05, 4.69) is 17.2 Å². The van der Waals surface area contributed by atoms with E-state index >= 15 is 0 Å². The van der Waals surface area contributed by atoms with Crippen molar-refractivity contribution in [3.8, 4) is 0 Å². The minimum absolute atomic E-state index is 0.00306. The summed E-state index contributed by atoms with van der Waals surface area (Å²) < 4.78 is 5.07. The zero-order valence-electron chi connectivity index (χ0n) is 14.5. The fourth-order valence-electron chi connectivity index (χ4n) is 2.42. The summed E-state index contributed by atoms with van der Waals surface area (Å²) in [6, 6.07) is 7.70. The van der Waals surface area contributed by atoms with Crippen molar-refractivity contribution in [2.24, 2.45) is 0 Å². The molecule has 1 unspecified atom stereocenters. The highest BCUT2D eigenvalue weighted by atomic mass is 35.5. The minimum atomic E-state index is 0.00306. The van der Waals surface area contributed by atoms with E-state index in [1.165, 1.54) is 6.08 Å². The number of morpholine rings is 1. The van der Waals surface area contributed by atoms with E-state index in [1.54, 1.807) is 4.90 Å². The van der Waals surface area contributed by atoms with Gasteiger partial charge in [0.2, 0.25) is 12.3 Å². The molecule has 0 aromatic heterocycles. The lowest BCUT2D eigenvalue weighted by atomic mass is 9.99. The molecule has 0 bridgehead atoms. The monoisotopic (exact) mass is 367 g/mol. The molecule has 0 aliphatic carbocycles. The van der Waals surface area contributed by atoms with Crippen LogP contribution in [0.4, 0.5) is 0 Å². The summed E-state index contributed by atoms with van der Waals surface area (Å²) in [6.45, 7) is 7.53. The highest BCUT2D eigenvalue weighted by Gasteiger charge is 2.13. The Balaban J connectivity index is 0.000000271. The fraction of sp³-hybridized carbons (Fsp3) is 0.444. The molecule has 1 aromatic rings. The Morgan fingerprint density at radius 2 is 2.12 bits per heavy atom. The number of nitrogens with one attached hydrogen (secondary N) is 2. The molecular formula is C18H26ClN3O3. The van der Waals surface area contributed by atoms with Crippen molar-refractivity contribution in [2.75, 3.05) is 46.4 Å². The van der Waals surface area contributed by atoms with E-state index in [9.17, 15) is 9.59 Å². The maximum absolute atomic E-state index is 10.9. The molecule has 7 heteroatoms. The lowest BCUT2D eigenvalue weighted by molar-refractivity contribution is -0.129. The van der Waals surface area contributed by atoms with Crippen molar-refractivity contribution in [1.29, 1.82) is 0 Å². The molecule has 0 spiro atoms. The molecule has 0 saturated carbocycles. The van der Waals surface area contributed by atoms with E-state index in [-0.39, 0.29) is 11.8 Å². The maximum atomic E-state index is 10.9. The van der Waals surface area contributed by atoms with Crippen molar-refractivity contribution in [3.05, 3.63) is 47.5 Å². The van der Waals surface area contributed by atoms with E-state index in [0.717, 1.165) is 17.1 Å². The van der Waals surface area contributed by atoms with Gasteiger partial charge in [0.15, 0.2) is 0 Å². The number of hydrogen-bond donors (Lipinski definition) is 2. The SMILES string of the molecule is C=CC(=O)N1CCOCC1.CNCC(CNC=O)c1cccc(Cl)c1. The molecule has 1 aliphatic heterocycles. The summed E-state index contributed by atoms with van der Waals surface area (Å²) in [6.07, 6.45) is 2.05. The van der Waals surface area contributed by atoms with Gasteiger partial charge < -0.3 is 20.3 Å². The van der Waals surface area contributed by atoms with E-state index in [4.69, 9.17) is 16.3 Å². The zero-order chi connectivity index (χ0) is 18.5. The van der Waals surface area contributed by atoms with Crippen molar-refractivity contribution in [3.63, 3.8) is 0 Å². The Hall–Kier alpha value is -1.89. The number of nitrogens with zero attached hydrogens (tertiary/aromatic N) is 1. The summed E-state index contributed by atoms with van der Waals surface area (Å²) in [4.78, 5) is 22.9. The van der Waals surface area contributed by atoms with E-state index in [1.807, 2.05) is 31.3 Å². The first-order valence-electron chi connectivity index (χ1n) is 8.18. The zero-order valence-corrected chi connectivity index (χ0v) is 15.3. The first-order valence-corrected chi connectivity index (χ1v) is 8.56. The molecule has 2 rings (SSSR count). The van der Waals surface area contributed by atoms with Crippen LogP contribution in [0.1, 0.15) is 11.5 Å². The summed E-state index contributed by atoms with van der Waals surface area (Å²) in [5.41, 5.74) is 1.13. The van der Waals surface area contributed by atoms with Crippen LogP contribution in [0.15, 0.2) is 36.9 Å². The van der Waals surface area contributed by atoms with Gasteiger partial charge in [-0.05, 0) is 30.8 Å². The molecule has 138 valence electrons. The molecule has 6 nitrogen and oxygen atoms in total. The fourth-order valence-corrected chi connectivity index (χ4v) is 2.62. The number of carbonyl (C=O) groups is 2. The number of likely N-dealkylation sites (N-methyl/N-ethyl adjacent to an activating group) is 1. The molecule has 0 radical (unpaired) electrons. The normalized spacial score (nSPS) is 14.7. The Morgan fingerprint density at radius 3 is 2.68 bits per heavy atom.